The van der Waals surface area contributed by atoms with E-state index in [-0.39, 0.29) is 35.1 Å². The van der Waals surface area contributed by atoms with Crippen LogP contribution in [0.4, 0.5) is 0 Å². The SMILES string of the molecule is C[C@@H]1C[C@H]2[C@@H]3CCC4=CC(=O)C=C[C@]4(C)[C@@]34O[C@@H]4C[C@]2(C)[C@@]1(O)C(=O)COS(C)(=O)=O. The average Bonchev–Trinajstić information content (AvgIpc) is 3.36. The van der Waals surface area contributed by atoms with Crippen LogP contribution in [0.1, 0.15) is 46.5 Å². The second-order valence-electron chi connectivity index (χ2n) is 10.7. The van der Waals surface area contributed by atoms with Crippen LogP contribution in [0.25, 0.3) is 0 Å². The number of hydrogen-bond acceptors (Lipinski definition) is 7. The summed E-state index contributed by atoms with van der Waals surface area (Å²) in [5, 5.41) is 11.8. The van der Waals surface area contributed by atoms with E-state index in [0.29, 0.717) is 12.8 Å². The monoisotopic (exact) mass is 450 g/mol. The summed E-state index contributed by atoms with van der Waals surface area (Å²) in [7, 11) is -3.79. The Bertz CT molecular complexity index is 1040. The van der Waals surface area contributed by atoms with E-state index >= 15 is 0 Å². The summed E-state index contributed by atoms with van der Waals surface area (Å²) in [5.41, 5.74) is -2.05. The number of epoxide rings is 1. The van der Waals surface area contributed by atoms with Crippen LogP contribution in [0, 0.1) is 28.6 Å². The van der Waals surface area contributed by atoms with Gasteiger partial charge in [-0.3, -0.25) is 13.8 Å². The highest BCUT2D eigenvalue weighted by molar-refractivity contribution is 7.86. The number of ether oxygens (including phenoxy) is 1. The fourth-order valence-corrected chi connectivity index (χ4v) is 8.17. The molecule has 1 spiro atoms. The van der Waals surface area contributed by atoms with Crippen LogP contribution in [0.15, 0.2) is 23.8 Å². The fourth-order valence-electron chi connectivity index (χ4n) is 7.85. The van der Waals surface area contributed by atoms with Gasteiger partial charge in [-0.15, -0.1) is 0 Å². The molecule has 0 amide bonds. The van der Waals surface area contributed by atoms with Crippen molar-refractivity contribution in [2.45, 2.75) is 63.8 Å². The highest BCUT2D eigenvalue weighted by Crippen LogP contribution is 2.76. The third-order valence-corrected chi connectivity index (χ3v) is 9.89. The molecule has 1 saturated heterocycles. The Morgan fingerprint density at radius 1 is 1.32 bits per heavy atom. The Kier molecular flexibility index (Phi) is 4.27. The van der Waals surface area contributed by atoms with Gasteiger partial charge in [0.25, 0.3) is 10.1 Å². The first kappa shape index (κ1) is 21.5. The standard InChI is InChI=1S/C23H30O7S/c1-13-9-17-16-6-5-14-10-15(24)7-8-20(14,2)23(16)19(30-23)11-21(17,3)22(13,26)18(25)12-29-31(4,27)28/h7-8,10,13,16-17,19,26H,5-6,9,11-12H2,1-4H3/t13-,16+,17+,19-,20+,21+,22+,23-/m1/s1. The van der Waals surface area contributed by atoms with Crippen molar-refractivity contribution < 1.29 is 32.0 Å². The van der Waals surface area contributed by atoms with Gasteiger partial charge in [0.2, 0.25) is 0 Å². The Morgan fingerprint density at radius 3 is 2.71 bits per heavy atom. The molecule has 1 aliphatic heterocycles. The van der Waals surface area contributed by atoms with Crippen molar-refractivity contribution in [2.75, 3.05) is 12.9 Å². The molecule has 170 valence electrons. The summed E-state index contributed by atoms with van der Waals surface area (Å²) in [6, 6.07) is 0. The zero-order chi connectivity index (χ0) is 22.6. The number of rotatable bonds is 4. The largest absolute Gasteiger partial charge is 0.381 e. The van der Waals surface area contributed by atoms with Crippen molar-refractivity contribution in [3.05, 3.63) is 23.8 Å². The molecule has 4 aliphatic carbocycles. The molecule has 0 aromatic rings. The van der Waals surface area contributed by atoms with Gasteiger partial charge in [-0.2, -0.15) is 8.42 Å². The quantitative estimate of drug-likeness (QED) is 0.515. The van der Waals surface area contributed by atoms with Crippen LogP contribution >= 0.6 is 0 Å². The lowest BCUT2D eigenvalue weighted by Crippen LogP contribution is -2.62. The number of aliphatic hydroxyl groups is 1. The molecule has 1 N–H and O–H groups in total. The van der Waals surface area contributed by atoms with Crippen molar-refractivity contribution in [1.82, 2.24) is 0 Å². The topological polar surface area (TPSA) is 110 Å². The van der Waals surface area contributed by atoms with Gasteiger partial charge < -0.3 is 9.84 Å². The van der Waals surface area contributed by atoms with Crippen LogP contribution in [0.5, 0.6) is 0 Å². The summed E-state index contributed by atoms with van der Waals surface area (Å²) in [6.07, 6.45) is 8.97. The van der Waals surface area contributed by atoms with Crippen molar-refractivity contribution in [3.63, 3.8) is 0 Å². The Balaban J connectivity index is 1.51. The minimum atomic E-state index is -3.79. The van der Waals surface area contributed by atoms with E-state index in [2.05, 4.69) is 6.92 Å². The lowest BCUT2D eigenvalue weighted by atomic mass is 9.46. The molecule has 5 aliphatic rings. The van der Waals surface area contributed by atoms with Crippen molar-refractivity contribution in [2.24, 2.45) is 28.6 Å². The number of Topliss-reactive ketones (excluding diaryl/α,β-unsaturated/α-hetero) is 1. The van der Waals surface area contributed by atoms with Gasteiger partial charge in [0.15, 0.2) is 11.6 Å². The van der Waals surface area contributed by atoms with Gasteiger partial charge in [0.1, 0.15) is 17.8 Å². The average molecular weight is 451 g/mol. The van der Waals surface area contributed by atoms with Gasteiger partial charge in [0, 0.05) is 10.8 Å². The molecule has 1 heterocycles. The van der Waals surface area contributed by atoms with Gasteiger partial charge in [-0.05, 0) is 62.5 Å². The van der Waals surface area contributed by atoms with E-state index < -0.39 is 39.1 Å². The number of allylic oxidation sites excluding steroid dienone is 2. The summed E-state index contributed by atoms with van der Waals surface area (Å²) >= 11 is 0. The van der Waals surface area contributed by atoms with E-state index in [1.807, 2.05) is 19.9 Å². The van der Waals surface area contributed by atoms with Gasteiger partial charge in [-0.25, -0.2) is 0 Å². The third-order valence-electron chi connectivity index (χ3n) is 9.34. The molecule has 4 fully saturated rings. The van der Waals surface area contributed by atoms with Crippen LogP contribution in [-0.4, -0.2) is 55.3 Å². The normalized spacial score (nSPS) is 50.1. The van der Waals surface area contributed by atoms with Crippen molar-refractivity contribution in [3.8, 4) is 0 Å². The lowest BCUT2D eigenvalue weighted by Gasteiger charge is -2.55. The minimum Gasteiger partial charge on any atom is -0.381 e. The first-order valence-electron chi connectivity index (χ1n) is 11.0. The smallest absolute Gasteiger partial charge is 0.264 e. The zero-order valence-corrected chi connectivity index (χ0v) is 19.2. The third kappa shape index (κ3) is 2.53. The van der Waals surface area contributed by atoms with Crippen molar-refractivity contribution in [1.29, 1.82) is 0 Å². The molecule has 7 nitrogen and oxygen atoms in total. The van der Waals surface area contributed by atoms with Crippen molar-refractivity contribution >= 4 is 21.7 Å². The van der Waals surface area contributed by atoms with Gasteiger partial charge in [-0.1, -0.05) is 25.5 Å². The Hall–Kier alpha value is -1.35. The molecule has 0 aromatic heterocycles. The molecular weight excluding hydrogens is 420 g/mol. The van der Waals surface area contributed by atoms with Gasteiger partial charge >= 0.3 is 0 Å². The minimum absolute atomic E-state index is 0.0144. The molecule has 0 radical (unpaired) electrons. The van der Waals surface area contributed by atoms with E-state index in [4.69, 9.17) is 8.92 Å². The van der Waals surface area contributed by atoms with Crippen LogP contribution in [-0.2, 0) is 28.6 Å². The van der Waals surface area contributed by atoms with Gasteiger partial charge in [0.05, 0.1) is 12.4 Å². The molecule has 31 heavy (non-hydrogen) atoms. The van der Waals surface area contributed by atoms with Crippen LogP contribution in [0.2, 0.25) is 0 Å². The maximum Gasteiger partial charge on any atom is 0.264 e. The fraction of sp³-hybridized carbons (Fsp3) is 0.739. The highest BCUT2D eigenvalue weighted by atomic mass is 32.2. The summed E-state index contributed by atoms with van der Waals surface area (Å²) in [4.78, 5) is 25.1. The van der Waals surface area contributed by atoms with E-state index in [9.17, 15) is 23.1 Å². The predicted molar refractivity (Wildman–Crippen MR) is 111 cm³/mol. The molecule has 0 unspecified atom stereocenters. The zero-order valence-electron chi connectivity index (χ0n) is 18.4. The number of carbonyl (C=O) groups excluding carboxylic acids is 2. The number of hydrogen-bond donors (Lipinski definition) is 1. The van der Waals surface area contributed by atoms with Crippen LogP contribution < -0.4 is 0 Å². The molecule has 0 bridgehead atoms. The number of carbonyl (C=O) groups is 2. The number of fused-ring (bicyclic) bond motifs is 3. The maximum atomic E-state index is 13.2. The Morgan fingerprint density at radius 2 is 2.03 bits per heavy atom. The Labute approximate surface area is 183 Å². The van der Waals surface area contributed by atoms with E-state index in [0.717, 1.165) is 24.7 Å². The highest BCUT2D eigenvalue weighted by Gasteiger charge is 2.81. The first-order chi connectivity index (χ1) is 14.3. The van der Waals surface area contributed by atoms with Crippen LogP contribution in [0.3, 0.4) is 0 Å². The summed E-state index contributed by atoms with van der Waals surface area (Å²) < 4.78 is 34.1. The predicted octanol–water partition coefficient (Wildman–Crippen LogP) is 1.95. The van der Waals surface area contributed by atoms with E-state index in [1.165, 1.54) is 0 Å². The molecule has 3 saturated carbocycles. The summed E-state index contributed by atoms with van der Waals surface area (Å²) in [6.45, 7) is 5.32. The second-order valence-corrected chi connectivity index (χ2v) is 12.3. The molecular formula is C23H30O7S. The molecule has 0 aromatic carbocycles. The summed E-state index contributed by atoms with van der Waals surface area (Å²) in [5.74, 6) is -0.676. The molecule has 5 rings (SSSR count). The maximum absolute atomic E-state index is 13.2. The second kappa shape index (κ2) is 6.16. The molecule has 8 atom stereocenters. The first-order valence-corrected chi connectivity index (χ1v) is 12.8. The molecule has 8 heteroatoms. The number of ketones is 2. The van der Waals surface area contributed by atoms with E-state index in [1.54, 1.807) is 12.2 Å². The lowest BCUT2D eigenvalue weighted by molar-refractivity contribution is -0.165.